The minimum Gasteiger partial charge on any atom is -0.433 e. The lowest BCUT2D eigenvalue weighted by Crippen LogP contribution is -2.14. The van der Waals surface area contributed by atoms with Crippen molar-refractivity contribution < 1.29 is 18.3 Å². The summed E-state index contributed by atoms with van der Waals surface area (Å²) in [5.41, 5.74) is 0.998. The predicted molar refractivity (Wildman–Crippen MR) is 75.0 cm³/mol. The predicted octanol–water partition coefficient (Wildman–Crippen LogP) is 3.90. The highest BCUT2D eigenvalue weighted by Crippen LogP contribution is 2.26. The van der Waals surface area contributed by atoms with E-state index in [4.69, 9.17) is 11.6 Å². The summed E-state index contributed by atoms with van der Waals surface area (Å²) >= 11 is 5.78. The highest BCUT2D eigenvalue weighted by molar-refractivity contribution is 6.29. The zero-order chi connectivity index (χ0) is 15.4. The first-order valence-electron chi connectivity index (χ1n) is 5.95. The van der Waals surface area contributed by atoms with Crippen molar-refractivity contribution in [1.29, 1.82) is 0 Å². The molecule has 7 heteroatoms. The molecule has 2 rings (SSSR count). The summed E-state index contributed by atoms with van der Waals surface area (Å²) in [6.45, 7) is -1.28. The van der Waals surface area contributed by atoms with E-state index in [1.165, 1.54) is 30.3 Å². The Hall–Kier alpha value is -2.21. The number of carbonyl (C=O) groups is 1. The molecule has 1 heterocycles. The van der Waals surface area contributed by atoms with E-state index in [2.05, 4.69) is 15.0 Å². The van der Waals surface area contributed by atoms with Gasteiger partial charge in [-0.3, -0.25) is 4.79 Å². The normalized spacial score (nSPS) is 10.5. The molecule has 0 saturated carbocycles. The largest absolute Gasteiger partial charge is 0.433 e. The quantitative estimate of drug-likeness (QED) is 0.871. The highest BCUT2D eigenvalue weighted by Gasteiger charge is 2.13. The number of nitrogens with zero attached hydrogens (tertiary/aromatic N) is 1. The molecule has 0 bridgehead atoms. The summed E-state index contributed by atoms with van der Waals surface area (Å²) in [7, 11) is 0. The number of anilines is 1. The molecule has 0 aliphatic heterocycles. The van der Waals surface area contributed by atoms with Crippen LogP contribution in [0.25, 0.3) is 0 Å². The van der Waals surface area contributed by atoms with Crippen molar-refractivity contribution in [3.63, 3.8) is 0 Å². The number of para-hydroxylation sites is 2. The van der Waals surface area contributed by atoms with Gasteiger partial charge in [0, 0.05) is 11.3 Å². The van der Waals surface area contributed by atoms with Gasteiger partial charge >= 0.3 is 6.61 Å². The van der Waals surface area contributed by atoms with Gasteiger partial charge in [-0.15, -0.1) is 0 Å². The molecule has 21 heavy (non-hydrogen) atoms. The number of amides is 1. The van der Waals surface area contributed by atoms with Gasteiger partial charge in [0.15, 0.2) is 0 Å². The summed E-state index contributed by atoms with van der Waals surface area (Å²) in [5, 5.41) is 2.68. The molecule has 0 saturated heterocycles. The van der Waals surface area contributed by atoms with E-state index in [1.54, 1.807) is 13.0 Å². The highest BCUT2D eigenvalue weighted by atomic mass is 35.5. The average molecular weight is 313 g/mol. The van der Waals surface area contributed by atoms with Crippen LogP contribution in [0.5, 0.6) is 5.75 Å². The van der Waals surface area contributed by atoms with E-state index in [0.717, 1.165) is 0 Å². The van der Waals surface area contributed by atoms with Crippen LogP contribution >= 0.6 is 11.6 Å². The Labute approximate surface area is 124 Å². The first-order chi connectivity index (χ1) is 9.95. The molecular weight excluding hydrogens is 302 g/mol. The summed E-state index contributed by atoms with van der Waals surface area (Å²) in [5.74, 6) is -0.606. The molecule has 0 aliphatic rings. The number of alkyl halides is 2. The van der Waals surface area contributed by atoms with Gasteiger partial charge in [-0.25, -0.2) is 4.98 Å². The number of halogens is 3. The summed E-state index contributed by atoms with van der Waals surface area (Å²) in [4.78, 5) is 16.1. The molecule has 0 radical (unpaired) electrons. The van der Waals surface area contributed by atoms with Gasteiger partial charge in [0.05, 0.1) is 5.69 Å². The van der Waals surface area contributed by atoms with E-state index in [-0.39, 0.29) is 22.2 Å². The van der Waals surface area contributed by atoms with Crippen molar-refractivity contribution >= 4 is 23.2 Å². The van der Waals surface area contributed by atoms with Gasteiger partial charge in [0.2, 0.25) is 0 Å². The number of pyridine rings is 1. The molecular formula is C14H11ClF2N2O2. The monoisotopic (exact) mass is 312 g/mol. The molecule has 0 fully saturated rings. The van der Waals surface area contributed by atoms with Gasteiger partial charge in [-0.2, -0.15) is 8.78 Å². The van der Waals surface area contributed by atoms with Crippen molar-refractivity contribution in [2.75, 3.05) is 5.32 Å². The number of carbonyl (C=O) groups excluding carboxylic acids is 1. The molecule has 4 nitrogen and oxygen atoms in total. The molecule has 2 aromatic rings. The van der Waals surface area contributed by atoms with Crippen LogP contribution in [0.15, 0.2) is 36.4 Å². The van der Waals surface area contributed by atoms with Crippen LogP contribution in [0.3, 0.4) is 0 Å². The Kier molecular flexibility index (Phi) is 4.70. The van der Waals surface area contributed by atoms with Gasteiger partial charge < -0.3 is 10.1 Å². The summed E-state index contributed by atoms with van der Waals surface area (Å²) in [6.07, 6.45) is 0. The topological polar surface area (TPSA) is 51.2 Å². The van der Waals surface area contributed by atoms with Crippen molar-refractivity contribution in [1.82, 2.24) is 4.98 Å². The molecule has 0 spiro atoms. The Morgan fingerprint density at radius 2 is 2.05 bits per heavy atom. The minimum absolute atomic E-state index is 0.113. The van der Waals surface area contributed by atoms with Gasteiger partial charge in [0.25, 0.3) is 5.91 Å². The lowest BCUT2D eigenvalue weighted by atomic mass is 10.2. The summed E-state index contributed by atoms with van der Waals surface area (Å²) in [6, 6.07) is 8.86. The SMILES string of the molecule is Cc1cc(C(=O)Nc2ccccc2OC(F)F)cc(Cl)n1. The zero-order valence-corrected chi connectivity index (χ0v) is 11.7. The number of rotatable bonds is 4. The maximum atomic E-state index is 12.3. The van der Waals surface area contributed by atoms with Crippen LogP contribution in [0.1, 0.15) is 16.1 Å². The second kappa shape index (κ2) is 6.49. The van der Waals surface area contributed by atoms with Gasteiger partial charge in [-0.05, 0) is 31.2 Å². The van der Waals surface area contributed by atoms with E-state index < -0.39 is 12.5 Å². The number of aryl methyl sites for hydroxylation is 1. The lowest BCUT2D eigenvalue weighted by molar-refractivity contribution is -0.0493. The average Bonchev–Trinajstić information content (AvgIpc) is 2.39. The fraction of sp³-hybridized carbons (Fsp3) is 0.143. The maximum Gasteiger partial charge on any atom is 0.387 e. The van der Waals surface area contributed by atoms with Crippen molar-refractivity contribution in [3.05, 3.63) is 52.8 Å². The van der Waals surface area contributed by atoms with E-state index in [0.29, 0.717) is 5.69 Å². The molecule has 1 N–H and O–H groups in total. The van der Waals surface area contributed by atoms with Crippen molar-refractivity contribution in [2.24, 2.45) is 0 Å². The minimum atomic E-state index is -2.97. The third-order valence-electron chi connectivity index (χ3n) is 2.54. The maximum absolute atomic E-state index is 12.3. The Balaban J connectivity index is 2.23. The van der Waals surface area contributed by atoms with Crippen LogP contribution in [0, 0.1) is 6.92 Å². The van der Waals surface area contributed by atoms with Gasteiger partial charge in [-0.1, -0.05) is 23.7 Å². The van der Waals surface area contributed by atoms with E-state index in [9.17, 15) is 13.6 Å². The number of hydrogen-bond donors (Lipinski definition) is 1. The van der Waals surface area contributed by atoms with Crippen LogP contribution < -0.4 is 10.1 Å². The molecule has 0 aliphatic carbocycles. The Morgan fingerprint density at radius 3 is 2.71 bits per heavy atom. The molecule has 1 amide bonds. The van der Waals surface area contributed by atoms with Gasteiger partial charge in [0.1, 0.15) is 10.9 Å². The Bertz CT molecular complexity index is 645. The van der Waals surface area contributed by atoms with Crippen LogP contribution in [-0.2, 0) is 0 Å². The molecule has 0 unspecified atom stereocenters. The van der Waals surface area contributed by atoms with Crippen molar-refractivity contribution in [3.8, 4) is 5.75 Å². The fourth-order valence-electron chi connectivity index (χ4n) is 1.72. The first kappa shape index (κ1) is 15.2. The number of hydrogen-bond acceptors (Lipinski definition) is 3. The number of benzene rings is 1. The lowest BCUT2D eigenvalue weighted by Gasteiger charge is -2.11. The standard InChI is InChI=1S/C14H11ClF2N2O2/c1-8-6-9(7-12(15)18-8)13(20)19-10-4-2-3-5-11(10)21-14(16)17/h2-7,14H,1H3,(H,19,20). The third-order valence-corrected chi connectivity index (χ3v) is 2.73. The third kappa shape index (κ3) is 4.13. The Morgan fingerprint density at radius 1 is 1.33 bits per heavy atom. The molecule has 1 aromatic carbocycles. The van der Waals surface area contributed by atoms with Crippen LogP contribution in [-0.4, -0.2) is 17.5 Å². The van der Waals surface area contributed by atoms with Crippen LogP contribution in [0.2, 0.25) is 5.15 Å². The number of aromatic nitrogens is 1. The first-order valence-corrected chi connectivity index (χ1v) is 6.33. The van der Waals surface area contributed by atoms with E-state index >= 15 is 0 Å². The number of nitrogens with one attached hydrogen (secondary N) is 1. The summed E-state index contributed by atoms with van der Waals surface area (Å²) < 4.78 is 29.0. The zero-order valence-electron chi connectivity index (χ0n) is 10.9. The van der Waals surface area contributed by atoms with Crippen LogP contribution in [0.4, 0.5) is 14.5 Å². The second-order valence-electron chi connectivity index (χ2n) is 4.15. The van der Waals surface area contributed by atoms with Crippen molar-refractivity contribution in [2.45, 2.75) is 13.5 Å². The molecule has 0 atom stereocenters. The second-order valence-corrected chi connectivity index (χ2v) is 4.54. The molecule has 1 aromatic heterocycles. The number of ether oxygens (including phenoxy) is 1. The molecule has 110 valence electrons. The smallest absolute Gasteiger partial charge is 0.387 e. The van der Waals surface area contributed by atoms with E-state index in [1.807, 2.05) is 0 Å². The fourth-order valence-corrected chi connectivity index (χ4v) is 1.97.